The second-order valence-corrected chi connectivity index (χ2v) is 8.64. The van der Waals surface area contributed by atoms with Crippen molar-refractivity contribution >= 4 is 21.7 Å². The van der Waals surface area contributed by atoms with Crippen LogP contribution in [0.1, 0.15) is 44.0 Å². The molecule has 0 radical (unpaired) electrons. The zero-order chi connectivity index (χ0) is 18.0. The first-order valence-electron chi connectivity index (χ1n) is 7.85. The first kappa shape index (κ1) is 18.7. The summed E-state index contributed by atoms with van der Waals surface area (Å²) in [6.45, 7) is 6.51. The van der Waals surface area contributed by atoms with E-state index in [-0.39, 0.29) is 28.6 Å². The Morgan fingerprint density at radius 1 is 1.38 bits per heavy atom. The van der Waals surface area contributed by atoms with Gasteiger partial charge in [0.1, 0.15) is 0 Å². The summed E-state index contributed by atoms with van der Waals surface area (Å²) in [6.07, 6.45) is 1.61. The minimum absolute atomic E-state index is 0.0719. The number of carbonyl (C=O) groups is 1. The van der Waals surface area contributed by atoms with Crippen LogP contribution in [0.5, 0.6) is 0 Å². The predicted molar refractivity (Wildman–Crippen MR) is 90.9 cm³/mol. The number of ether oxygens (including phenoxy) is 1. The highest BCUT2D eigenvalue weighted by atomic mass is 32.2. The Kier molecular flexibility index (Phi) is 5.52. The van der Waals surface area contributed by atoms with Crippen LogP contribution in [-0.4, -0.2) is 44.3 Å². The average Bonchev–Trinajstić information content (AvgIpc) is 2.97. The van der Waals surface area contributed by atoms with Gasteiger partial charge in [0.15, 0.2) is 0 Å². The Morgan fingerprint density at radius 2 is 2.08 bits per heavy atom. The first-order valence-corrected chi connectivity index (χ1v) is 9.33. The van der Waals surface area contributed by atoms with Gasteiger partial charge in [-0.3, -0.25) is 0 Å². The van der Waals surface area contributed by atoms with Crippen molar-refractivity contribution in [2.45, 2.75) is 50.2 Å². The molecule has 1 saturated heterocycles. The number of benzene rings is 1. The fourth-order valence-corrected chi connectivity index (χ4v) is 3.56. The minimum atomic E-state index is -3.79. The van der Waals surface area contributed by atoms with E-state index in [0.717, 1.165) is 12.8 Å². The van der Waals surface area contributed by atoms with Crippen LogP contribution in [0.3, 0.4) is 0 Å². The zero-order valence-corrected chi connectivity index (χ0v) is 14.9. The molecule has 0 saturated carbocycles. The molecule has 1 aliphatic rings. The van der Waals surface area contributed by atoms with E-state index in [2.05, 4.69) is 10.0 Å². The molecule has 0 unspecified atom stereocenters. The number of rotatable bonds is 6. The van der Waals surface area contributed by atoms with Gasteiger partial charge in [-0.1, -0.05) is 0 Å². The van der Waals surface area contributed by atoms with Crippen LogP contribution in [0.2, 0.25) is 0 Å². The Hall–Kier alpha value is -1.64. The number of carboxylic acid groups (broad SMARTS) is 1. The van der Waals surface area contributed by atoms with Crippen molar-refractivity contribution in [2.75, 3.05) is 18.5 Å². The van der Waals surface area contributed by atoms with Crippen molar-refractivity contribution in [1.29, 1.82) is 0 Å². The zero-order valence-electron chi connectivity index (χ0n) is 14.1. The molecule has 0 bridgehead atoms. The molecule has 134 valence electrons. The van der Waals surface area contributed by atoms with E-state index >= 15 is 0 Å². The van der Waals surface area contributed by atoms with Crippen LogP contribution in [0.4, 0.5) is 5.69 Å². The molecular weight excluding hydrogens is 332 g/mol. The van der Waals surface area contributed by atoms with Crippen LogP contribution in [0.15, 0.2) is 23.1 Å². The van der Waals surface area contributed by atoms with Gasteiger partial charge in [-0.2, -0.15) is 0 Å². The topological polar surface area (TPSA) is 105 Å². The van der Waals surface area contributed by atoms with E-state index in [0.29, 0.717) is 12.3 Å². The number of hydrogen-bond donors (Lipinski definition) is 3. The monoisotopic (exact) mass is 356 g/mol. The highest BCUT2D eigenvalue weighted by Gasteiger charge is 2.23. The summed E-state index contributed by atoms with van der Waals surface area (Å²) < 4.78 is 32.6. The van der Waals surface area contributed by atoms with Crippen LogP contribution in [-0.2, 0) is 14.8 Å². The maximum Gasteiger partial charge on any atom is 0.337 e. The number of aromatic carboxylic acids is 1. The second-order valence-electron chi connectivity index (χ2n) is 6.87. The Bertz CT molecular complexity index is 704. The van der Waals surface area contributed by atoms with E-state index in [1.165, 1.54) is 18.2 Å². The lowest BCUT2D eigenvalue weighted by atomic mass is 10.1. The van der Waals surface area contributed by atoms with E-state index in [1.54, 1.807) is 0 Å². The molecule has 7 nitrogen and oxygen atoms in total. The Labute approximate surface area is 142 Å². The quantitative estimate of drug-likeness (QED) is 0.720. The second kappa shape index (κ2) is 7.08. The molecule has 1 aliphatic heterocycles. The molecule has 0 aliphatic carbocycles. The SMILES string of the molecule is CC(C)(C)Nc1ccc(S(=O)(=O)NC[C@H]2CCCO2)cc1C(=O)O. The van der Waals surface area contributed by atoms with Gasteiger partial charge in [0.2, 0.25) is 10.0 Å². The highest BCUT2D eigenvalue weighted by Crippen LogP contribution is 2.24. The third kappa shape index (κ3) is 4.93. The number of nitrogens with one attached hydrogen (secondary N) is 2. The van der Waals surface area contributed by atoms with Crippen LogP contribution in [0.25, 0.3) is 0 Å². The van der Waals surface area contributed by atoms with Gasteiger partial charge in [0, 0.05) is 24.4 Å². The standard InChI is InChI=1S/C16H24N2O5S/c1-16(2,3)18-14-7-6-12(9-13(14)15(19)20)24(21,22)17-10-11-5-4-8-23-11/h6-7,9,11,17-18H,4-5,8,10H2,1-3H3,(H,19,20)/t11-/m1/s1. The van der Waals surface area contributed by atoms with Gasteiger partial charge >= 0.3 is 5.97 Å². The molecule has 0 amide bonds. The minimum Gasteiger partial charge on any atom is -0.478 e. The van der Waals surface area contributed by atoms with Crippen molar-refractivity contribution in [3.63, 3.8) is 0 Å². The Balaban J connectivity index is 2.23. The number of carboxylic acids is 1. The molecule has 8 heteroatoms. The van der Waals surface area contributed by atoms with E-state index in [1.807, 2.05) is 20.8 Å². The maximum atomic E-state index is 12.4. The molecule has 24 heavy (non-hydrogen) atoms. The fourth-order valence-electron chi connectivity index (χ4n) is 2.47. The molecule has 3 N–H and O–H groups in total. The lowest BCUT2D eigenvalue weighted by Gasteiger charge is -2.23. The van der Waals surface area contributed by atoms with Crippen molar-refractivity contribution in [2.24, 2.45) is 0 Å². The summed E-state index contributed by atoms with van der Waals surface area (Å²) in [4.78, 5) is 11.4. The summed E-state index contributed by atoms with van der Waals surface area (Å²) >= 11 is 0. The predicted octanol–water partition coefficient (Wildman–Crippen LogP) is 2.05. The lowest BCUT2D eigenvalue weighted by Crippen LogP contribution is -2.32. The fraction of sp³-hybridized carbons (Fsp3) is 0.562. The molecule has 0 spiro atoms. The van der Waals surface area contributed by atoms with E-state index in [4.69, 9.17) is 4.74 Å². The van der Waals surface area contributed by atoms with Crippen LogP contribution in [0, 0.1) is 0 Å². The van der Waals surface area contributed by atoms with Crippen molar-refractivity contribution in [3.05, 3.63) is 23.8 Å². The van der Waals surface area contributed by atoms with E-state index < -0.39 is 16.0 Å². The van der Waals surface area contributed by atoms with Gasteiger partial charge in [-0.05, 0) is 51.8 Å². The van der Waals surface area contributed by atoms with Gasteiger partial charge in [0.05, 0.1) is 16.6 Å². The third-order valence-electron chi connectivity index (χ3n) is 3.57. The molecule has 1 fully saturated rings. The van der Waals surface area contributed by atoms with E-state index in [9.17, 15) is 18.3 Å². The number of hydrogen-bond acceptors (Lipinski definition) is 5. The smallest absolute Gasteiger partial charge is 0.337 e. The largest absolute Gasteiger partial charge is 0.478 e. The summed E-state index contributed by atoms with van der Waals surface area (Å²) in [6, 6.07) is 4.06. The molecule has 1 aromatic carbocycles. The molecule has 1 aromatic rings. The summed E-state index contributed by atoms with van der Waals surface area (Å²) in [5.74, 6) is -1.18. The van der Waals surface area contributed by atoms with Gasteiger partial charge in [-0.25, -0.2) is 17.9 Å². The summed E-state index contributed by atoms with van der Waals surface area (Å²) in [5, 5.41) is 12.5. The number of anilines is 1. The van der Waals surface area contributed by atoms with Crippen molar-refractivity contribution in [3.8, 4) is 0 Å². The van der Waals surface area contributed by atoms with Gasteiger partial charge in [0.25, 0.3) is 0 Å². The highest BCUT2D eigenvalue weighted by molar-refractivity contribution is 7.89. The lowest BCUT2D eigenvalue weighted by molar-refractivity contribution is 0.0697. The van der Waals surface area contributed by atoms with Crippen LogP contribution >= 0.6 is 0 Å². The van der Waals surface area contributed by atoms with Crippen molar-refractivity contribution in [1.82, 2.24) is 4.72 Å². The van der Waals surface area contributed by atoms with Crippen molar-refractivity contribution < 1.29 is 23.1 Å². The molecule has 1 heterocycles. The number of sulfonamides is 1. The van der Waals surface area contributed by atoms with Gasteiger partial charge < -0.3 is 15.2 Å². The summed E-state index contributed by atoms with van der Waals surface area (Å²) in [7, 11) is -3.79. The molecule has 1 atom stereocenters. The molecule has 0 aromatic heterocycles. The van der Waals surface area contributed by atoms with Gasteiger partial charge in [-0.15, -0.1) is 0 Å². The molecule has 2 rings (SSSR count). The summed E-state index contributed by atoms with van der Waals surface area (Å²) in [5.41, 5.74) is -0.0409. The van der Waals surface area contributed by atoms with Crippen LogP contribution < -0.4 is 10.0 Å². The average molecular weight is 356 g/mol. The normalized spacial score (nSPS) is 18.5. The Morgan fingerprint density at radius 3 is 2.62 bits per heavy atom. The maximum absolute atomic E-state index is 12.4. The molecular formula is C16H24N2O5S. The third-order valence-corrected chi connectivity index (χ3v) is 4.99. The first-order chi connectivity index (χ1) is 11.1.